The van der Waals surface area contributed by atoms with E-state index in [2.05, 4.69) is 15.3 Å². The van der Waals surface area contributed by atoms with Gasteiger partial charge in [0, 0.05) is 24.2 Å². The van der Waals surface area contributed by atoms with Crippen LogP contribution < -0.4 is 14.8 Å². The van der Waals surface area contributed by atoms with Gasteiger partial charge in [-0.15, -0.1) is 0 Å². The topological polar surface area (TPSA) is 106 Å². The summed E-state index contributed by atoms with van der Waals surface area (Å²) in [5, 5.41) is 2.83. The first-order chi connectivity index (χ1) is 14.4. The number of aromatic nitrogens is 2. The zero-order valence-electron chi connectivity index (χ0n) is 17.9. The maximum atomic E-state index is 13.3. The van der Waals surface area contributed by atoms with E-state index in [1.807, 2.05) is 26.0 Å². The van der Waals surface area contributed by atoms with Gasteiger partial charge in [0.1, 0.15) is 12.1 Å². The number of fused-ring (bicyclic) bond motifs is 1. The van der Waals surface area contributed by atoms with Crippen molar-refractivity contribution < 1.29 is 23.8 Å². The Morgan fingerprint density at radius 2 is 2.00 bits per heavy atom. The number of nitrogens with zero attached hydrogens (tertiary/aromatic N) is 2. The number of ether oxygens (including phenoxy) is 3. The highest BCUT2D eigenvalue weighted by Crippen LogP contribution is 2.42. The fourth-order valence-electron chi connectivity index (χ4n) is 3.78. The first-order valence-electron chi connectivity index (χ1n) is 9.80. The predicted octanol–water partition coefficient (Wildman–Crippen LogP) is 2.28. The molecule has 3 rings (SSSR count). The van der Waals surface area contributed by atoms with Gasteiger partial charge in [0.25, 0.3) is 0 Å². The molecule has 2 heterocycles. The molecule has 0 spiro atoms. The van der Waals surface area contributed by atoms with Crippen molar-refractivity contribution >= 4 is 12.0 Å². The molecule has 0 fully saturated rings. The number of aromatic amines is 1. The number of H-pyrrole nitrogens is 1. The maximum absolute atomic E-state index is 13.3. The standard InChI is InChI=1S/C21H28N4O5/c1-12(2)16(20(26)30-5)24-21(27)25-10-9-14-17(23-11-22-14)18(25)13-7-6-8-15(28-3)19(13)29-4/h6-8,11-12,16,18H,9-10H2,1-5H3,(H,22,23)(H,24,27). The number of hydrogen-bond donors (Lipinski definition) is 2. The number of amides is 2. The summed E-state index contributed by atoms with van der Waals surface area (Å²) in [6.45, 7) is 4.15. The Morgan fingerprint density at radius 3 is 2.63 bits per heavy atom. The Balaban J connectivity index is 2.02. The fraction of sp³-hybridized carbons (Fsp3) is 0.476. The third kappa shape index (κ3) is 3.92. The van der Waals surface area contributed by atoms with Crippen LogP contribution in [-0.2, 0) is 16.0 Å². The Labute approximate surface area is 175 Å². The Hall–Kier alpha value is -3.23. The molecule has 9 nitrogen and oxygen atoms in total. The van der Waals surface area contributed by atoms with Gasteiger partial charge >= 0.3 is 12.0 Å². The molecule has 9 heteroatoms. The maximum Gasteiger partial charge on any atom is 0.328 e. The number of esters is 1. The number of benzene rings is 1. The van der Waals surface area contributed by atoms with Crippen molar-refractivity contribution in [3.8, 4) is 11.5 Å². The number of rotatable bonds is 6. The van der Waals surface area contributed by atoms with E-state index in [-0.39, 0.29) is 11.9 Å². The minimum atomic E-state index is -0.754. The number of methoxy groups -OCH3 is 3. The van der Waals surface area contributed by atoms with Gasteiger partial charge in [-0.3, -0.25) is 0 Å². The molecule has 0 radical (unpaired) electrons. The SMILES string of the molecule is COC(=O)C(NC(=O)N1CCc2[nH]cnc2C1c1cccc(OC)c1OC)C(C)C. The largest absolute Gasteiger partial charge is 0.493 e. The molecule has 0 aliphatic carbocycles. The summed E-state index contributed by atoms with van der Waals surface area (Å²) in [6, 6.07) is 3.90. The first kappa shape index (κ1) is 21.5. The molecule has 2 amide bonds. The number of nitrogens with one attached hydrogen (secondary N) is 2. The molecule has 1 aromatic heterocycles. The highest BCUT2D eigenvalue weighted by molar-refractivity contribution is 5.84. The number of carbonyl (C=O) groups excluding carboxylic acids is 2. The van der Waals surface area contributed by atoms with Crippen LogP contribution in [0.4, 0.5) is 4.79 Å². The lowest BCUT2D eigenvalue weighted by atomic mass is 9.94. The summed E-state index contributed by atoms with van der Waals surface area (Å²) in [4.78, 5) is 34.8. The number of para-hydroxylation sites is 1. The van der Waals surface area contributed by atoms with E-state index in [4.69, 9.17) is 14.2 Å². The molecule has 2 unspecified atom stereocenters. The fourth-order valence-corrected chi connectivity index (χ4v) is 3.78. The number of urea groups is 1. The second-order valence-electron chi connectivity index (χ2n) is 7.39. The van der Waals surface area contributed by atoms with Crippen LogP contribution in [0, 0.1) is 5.92 Å². The van der Waals surface area contributed by atoms with Crippen LogP contribution in [0.15, 0.2) is 24.5 Å². The molecule has 2 atom stereocenters. The van der Waals surface area contributed by atoms with E-state index in [0.717, 1.165) is 17.0 Å². The van der Waals surface area contributed by atoms with Crippen LogP contribution in [0.2, 0.25) is 0 Å². The predicted molar refractivity (Wildman–Crippen MR) is 110 cm³/mol. The zero-order chi connectivity index (χ0) is 21.8. The van der Waals surface area contributed by atoms with Crippen molar-refractivity contribution in [1.29, 1.82) is 0 Å². The highest BCUT2D eigenvalue weighted by Gasteiger charge is 2.38. The van der Waals surface area contributed by atoms with Crippen LogP contribution in [0.3, 0.4) is 0 Å². The van der Waals surface area contributed by atoms with E-state index in [1.54, 1.807) is 31.5 Å². The molecule has 1 aliphatic rings. The van der Waals surface area contributed by atoms with Crippen LogP contribution >= 0.6 is 0 Å². The average Bonchev–Trinajstić information content (AvgIpc) is 3.24. The molecule has 0 bridgehead atoms. The van der Waals surface area contributed by atoms with Crippen LogP contribution in [0.1, 0.15) is 36.8 Å². The van der Waals surface area contributed by atoms with E-state index in [0.29, 0.717) is 24.5 Å². The lowest BCUT2D eigenvalue weighted by molar-refractivity contribution is -0.144. The quantitative estimate of drug-likeness (QED) is 0.700. The molecule has 0 saturated carbocycles. The lowest BCUT2D eigenvalue weighted by Gasteiger charge is -2.37. The van der Waals surface area contributed by atoms with Crippen LogP contribution in [-0.4, -0.2) is 60.8 Å². The van der Waals surface area contributed by atoms with Gasteiger partial charge in [-0.2, -0.15) is 0 Å². The number of hydrogen-bond acceptors (Lipinski definition) is 6. The van der Waals surface area contributed by atoms with Gasteiger partial charge in [0.15, 0.2) is 11.5 Å². The van der Waals surface area contributed by atoms with Crippen LogP contribution in [0.5, 0.6) is 11.5 Å². The first-order valence-corrected chi connectivity index (χ1v) is 9.80. The van der Waals surface area contributed by atoms with Crippen molar-refractivity contribution in [2.24, 2.45) is 5.92 Å². The third-order valence-electron chi connectivity index (χ3n) is 5.31. The van der Waals surface area contributed by atoms with Gasteiger partial charge in [-0.05, 0) is 12.0 Å². The number of imidazole rings is 1. The summed E-state index contributed by atoms with van der Waals surface area (Å²) in [5.74, 6) is 0.489. The minimum absolute atomic E-state index is 0.128. The Kier molecular flexibility index (Phi) is 6.49. The second kappa shape index (κ2) is 9.06. The lowest BCUT2D eigenvalue weighted by Crippen LogP contribution is -2.53. The van der Waals surface area contributed by atoms with E-state index in [1.165, 1.54) is 7.11 Å². The number of carbonyl (C=O) groups is 2. The molecule has 1 aliphatic heterocycles. The summed E-state index contributed by atoms with van der Waals surface area (Å²) >= 11 is 0. The smallest absolute Gasteiger partial charge is 0.328 e. The Bertz CT molecular complexity index is 911. The van der Waals surface area contributed by atoms with E-state index < -0.39 is 18.1 Å². The van der Waals surface area contributed by atoms with Crippen molar-refractivity contribution in [3.05, 3.63) is 41.5 Å². The average molecular weight is 416 g/mol. The summed E-state index contributed by atoms with van der Waals surface area (Å²) in [6.07, 6.45) is 2.24. The monoisotopic (exact) mass is 416 g/mol. The van der Waals surface area contributed by atoms with E-state index >= 15 is 0 Å². The molecule has 30 heavy (non-hydrogen) atoms. The second-order valence-corrected chi connectivity index (χ2v) is 7.39. The third-order valence-corrected chi connectivity index (χ3v) is 5.31. The van der Waals surface area contributed by atoms with Gasteiger partial charge in [0.2, 0.25) is 0 Å². The normalized spacial score (nSPS) is 16.6. The molecule has 0 saturated heterocycles. The van der Waals surface area contributed by atoms with E-state index in [9.17, 15) is 9.59 Å². The van der Waals surface area contributed by atoms with Gasteiger partial charge in [0.05, 0.1) is 33.4 Å². The molecule has 162 valence electrons. The van der Waals surface area contributed by atoms with Crippen molar-refractivity contribution in [3.63, 3.8) is 0 Å². The van der Waals surface area contributed by atoms with Crippen molar-refractivity contribution in [1.82, 2.24) is 20.2 Å². The van der Waals surface area contributed by atoms with Gasteiger partial charge < -0.3 is 29.4 Å². The van der Waals surface area contributed by atoms with Crippen molar-refractivity contribution in [2.45, 2.75) is 32.4 Å². The van der Waals surface area contributed by atoms with Crippen LogP contribution in [0.25, 0.3) is 0 Å². The molecule has 2 N–H and O–H groups in total. The van der Waals surface area contributed by atoms with Gasteiger partial charge in [-0.25, -0.2) is 14.6 Å². The Morgan fingerprint density at radius 1 is 1.23 bits per heavy atom. The molecule has 2 aromatic rings. The zero-order valence-corrected chi connectivity index (χ0v) is 17.9. The summed E-state index contributed by atoms with van der Waals surface area (Å²) in [7, 11) is 4.44. The molecular formula is C21H28N4O5. The van der Waals surface area contributed by atoms with Gasteiger partial charge in [-0.1, -0.05) is 26.0 Å². The summed E-state index contributed by atoms with van der Waals surface area (Å²) < 4.78 is 15.9. The molecular weight excluding hydrogens is 388 g/mol. The van der Waals surface area contributed by atoms with Crippen molar-refractivity contribution in [2.75, 3.05) is 27.9 Å². The minimum Gasteiger partial charge on any atom is -0.493 e. The molecule has 1 aromatic carbocycles. The summed E-state index contributed by atoms with van der Waals surface area (Å²) in [5.41, 5.74) is 2.45. The highest BCUT2D eigenvalue weighted by atomic mass is 16.5.